The number of rotatable bonds is 3. The zero-order valence-electron chi connectivity index (χ0n) is 15.6. The predicted molar refractivity (Wildman–Crippen MR) is 99.2 cm³/mol. The van der Waals surface area contributed by atoms with Gasteiger partial charge in [-0.15, -0.1) is 0 Å². The normalized spacial score (nSPS) is 20.1. The monoisotopic (exact) mass is 368 g/mol. The van der Waals surface area contributed by atoms with Crippen LogP contribution >= 0.6 is 0 Å². The Kier molecular flexibility index (Phi) is 3.89. The number of aryl methyl sites for hydroxylation is 1. The molecule has 142 valence electrons. The number of piperazine rings is 1. The first-order valence-corrected chi connectivity index (χ1v) is 9.82. The van der Waals surface area contributed by atoms with Gasteiger partial charge in [-0.25, -0.2) is 9.67 Å². The summed E-state index contributed by atoms with van der Waals surface area (Å²) >= 11 is 0. The van der Waals surface area contributed by atoms with Gasteiger partial charge in [0.15, 0.2) is 0 Å². The van der Waals surface area contributed by atoms with Gasteiger partial charge in [0.25, 0.3) is 11.5 Å². The Morgan fingerprint density at radius 2 is 1.96 bits per heavy atom. The third kappa shape index (κ3) is 2.88. The van der Waals surface area contributed by atoms with Crippen molar-refractivity contribution < 1.29 is 4.79 Å². The van der Waals surface area contributed by atoms with Crippen LogP contribution in [0.5, 0.6) is 0 Å². The van der Waals surface area contributed by atoms with Gasteiger partial charge in [0.05, 0.1) is 23.1 Å². The molecule has 2 aliphatic carbocycles. The number of hydrogen-bond acceptors (Lipinski definition) is 5. The second-order valence-electron chi connectivity index (χ2n) is 7.78. The average molecular weight is 368 g/mol. The number of aromatic amines is 1. The molecule has 0 bridgehead atoms. The van der Waals surface area contributed by atoms with Crippen molar-refractivity contribution in [1.29, 1.82) is 0 Å². The first-order valence-electron chi connectivity index (χ1n) is 9.82. The van der Waals surface area contributed by atoms with Crippen LogP contribution in [0.2, 0.25) is 0 Å². The highest BCUT2D eigenvalue weighted by Crippen LogP contribution is 2.28. The van der Waals surface area contributed by atoms with Crippen LogP contribution in [0.4, 0.5) is 0 Å². The summed E-state index contributed by atoms with van der Waals surface area (Å²) in [5.74, 6) is 0.411. The lowest BCUT2D eigenvalue weighted by Crippen LogP contribution is -2.49. The summed E-state index contributed by atoms with van der Waals surface area (Å²) in [6, 6.07) is 0.745. The molecule has 0 radical (unpaired) electrons. The molecule has 0 unspecified atom stereocenters. The van der Waals surface area contributed by atoms with E-state index in [-0.39, 0.29) is 11.5 Å². The van der Waals surface area contributed by atoms with Gasteiger partial charge in [-0.05, 0) is 39.0 Å². The largest absolute Gasteiger partial charge is 0.336 e. The van der Waals surface area contributed by atoms with E-state index in [2.05, 4.69) is 20.0 Å². The highest BCUT2D eigenvalue weighted by molar-refractivity contribution is 5.95. The molecule has 2 aromatic heterocycles. The van der Waals surface area contributed by atoms with E-state index in [1.807, 2.05) is 11.8 Å². The molecule has 8 nitrogen and oxygen atoms in total. The summed E-state index contributed by atoms with van der Waals surface area (Å²) in [4.78, 5) is 37.1. The van der Waals surface area contributed by atoms with Gasteiger partial charge in [0.2, 0.25) is 5.95 Å². The summed E-state index contributed by atoms with van der Waals surface area (Å²) in [6.07, 6.45) is 6.76. The van der Waals surface area contributed by atoms with Crippen molar-refractivity contribution in [2.24, 2.45) is 0 Å². The lowest BCUT2D eigenvalue weighted by Gasteiger charge is -2.34. The van der Waals surface area contributed by atoms with E-state index in [1.54, 1.807) is 10.9 Å². The third-order valence-electron chi connectivity index (χ3n) is 6.03. The molecule has 1 aliphatic heterocycles. The lowest BCUT2D eigenvalue weighted by molar-refractivity contribution is 0.0626. The van der Waals surface area contributed by atoms with Crippen molar-refractivity contribution in [3.05, 3.63) is 39.1 Å². The molecule has 5 rings (SSSR count). The lowest BCUT2D eigenvalue weighted by atomic mass is 10.2. The second kappa shape index (κ2) is 6.30. The molecule has 0 spiro atoms. The molecule has 1 N–H and O–H groups in total. The maximum atomic E-state index is 13.0. The predicted octanol–water partition coefficient (Wildman–Crippen LogP) is 0.673. The zero-order valence-corrected chi connectivity index (χ0v) is 15.6. The number of carbonyl (C=O) groups is 1. The molecule has 1 saturated heterocycles. The quantitative estimate of drug-likeness (QED) is 0.861. The number of amides is 1. The van der Waals surface area contributed by atoms with Crippen molar-refractivity contribution in [2.75, 3.05) is 26.2 Å². The smallest absolute Gasteiger partial charge is 0.257 e. The summed E-state index contributed by atoms with van der Waals surface area (Å²) in [6.45, 7) is 5.27. The molecular weight excluding hydrogens is 344 g/mol. The molecule has 27 heavy (non-hydrogen) atoms. The Labute approximate surface area is 157 Å². The van der Waals surface area contributed by atoms with Crippen molar-refractivity contribution in [1.82, 2.24) is 29.5 Å². The van der Waals surface area contributed by atoms with E-state index >= 15 is 0 Å². The maximum absolute atomic E-state index is 13.0. The summed E-state index contributed by atoms with van der Waals surface area (Å²) in [5.41, 5.74) is 2.84. The molecule has 2 aromatic rings. The Balaban J connectivity index is 1.38. The van der Waals surface area contributed by atoms with Gasteiger partial charge < -0.3 is 4.90 Å². The van der Waals surface area contributed by atoms with Crippen LogP contribution in [0.3, 0.4) is 0 Å². The molecule has 8 heteroatoms. The number of aromatic nitrogens is 4. The molecule has 2 fully saturated rings. The SMILES string of the molecule is Cc1c(C(=O)N2CCN(C3CC3)CC2)cnn1-c1nc2c(c(=O)[nH]1)CCC2. The number of H-pyrrole nitrogens is 1. The molecule has 1 amide bonds. The summed E-state index contributed by atoms with van der Waals surface area (Å²) in [5, 5.41) is 4.35. The van der Waals surface area contributed by atoms with Crippen molar-refractivity contribution in [3.8, 4) is 5.95 Å². The van der Waals surface area contributed by atoms with Crippen LogP contribution in [-0.4, -0.2) is 67.7 Å². The molecular formula is C19H24N6O2. The van der Waals surface area contributed by atoms with Crippen LogP contribution < -0.4 is 5.56 Å². The van der Waals surface area contributed by atoms with E-state index in [0.29, 0.717) is 17.2 Å². The van der Waals surface area contributed by atoms with E-state index in [1.165, 1.54) is 12.8 Å². The van der Waals surface area contributed by atoms with Crippen LogP contribution in [0.1, 0.15) is 46.6 Å². The van der Waals surface area contributed by atoms with E-state index in [4.69, 9.17) is 0 Å². The Bertz CT molecular complexity index is 950. The first kappa shape index (κ1) is 16.7. The fourth-order valence-electron chi connectivity index (χ4n) is 4.26. The van der Waals surface area contributed by atoms with Gasteiger partial charge in [-0.1, -0.05) is 0 Å². The molecule has 3 heterocycles. The standard InChI is InChI=1S/C19H24N6O2/c1-12-15(18(27)24-9-7-23(8-10-24)13-5-6-13)11-20-25(12)19-21-16-4-2-3-14(16)17(26)22-19/h11,13H,2-10H2,1H3,(H,21,22,26). The zero-order chi connectivity index (χ0) is 18.5. The second-order valence-corrected chi connectivity index (χ2v) is 7.78. The van der Waals surface area contributed by atoms with E-state index in [0.717, 1.165) is 62.7 Å². The Hall–Kier alpha value is -2.48. The minimum atomic E-state index is -0.0912. The minimum Gasteiger partial charge on any atom is -0.336 e. The van der Waals surface area contributed by atoms with Gasteiger partial charge in [0, 0.05) is 37.8 Å². The van der Waals surface area contributed by atoms with Gasteiger partial charge in [-0.3, -0.25) is 19.5 Å². The van der Waals surface area contributed by atoms with Crippen LogP contribution in [0.25, 0.3) is 5.95 Å². The number of carbonyl (C=O) groups excluding carboxylic acids is 1. The fraction of sp³-hybridized carbons (Fsp3) is 0.579. The van der Waals surface area contributed by atoms with Gasteiger partial charge in [-0.2, -0.15) is 5.10 Å². The van der Waals surface area contributed by atoms with Gasteiger partial charge in [0.1, 0.15) is 0 Å². The maximum Gasteiger partial charge on any atom is 0.257 e. The van der Waals surface area contributed by atoms with Crippen LogP contribution in [0.15, 0.2) is 11.0 Å². The van der Waals surface area contributed by atoms with Crippen molar-refractivity contribution in [3.63, 3.8) is 0 Å². The van der Waals surface area contributed by atoms with E-state index in [9.17, 15) is 9.59 Å². The van der Waals surface area contributed by atoms with Crippen LogP contribution in [0, 0.1) is 6.92 Å². The third-order valence-corrected chi connectivity index (χ3v) is 6.03. The summed E-state index contributed by atoms with van der Waals surface area (Å²) in [7, 11) is 0. The molecule has 3 aliphatic rings. The average Bonchev–Trinajstić information content (AvgIpc) is 3.29. The van der Waals surface area contributed by atoms with E-state index < -0.39 is 0 Å². The first-order chi connectivity index (χ1) is 13.1. The van der Waals surface area contributed by atoms with Crippen LogP contribution in [-0.2, 0) is 12.8 Å². The minimum absolute atomic E-state index is 0.0118. The fourth-order valence-corrected chi connectivity index (χ4v) is 4.26. The van der Waals surface area contributed by atoms with Gasteiger partial charge >= 0.3 is 0 Å². The van der Waals surface area contributed by atoms with Crippen molar-refractivity contribution >= 4 is 5.91 Å². The topological polar surface area (TPSA) is 87.1 Å². The summed E-state index contributed by atoms with van der Waals surface area (Å²) < 4.78 is 1.58. The number of nitrogens with one attached hydrogen (secondary N) is 1. The highest BCUT2D eigenvalue weighted by Gasteiger charge is 2.33. The number of nitrogens with zero attached hydrogens (tertiary/aromatic N) is 5. The molecule has 0 atom stereocenters. The van der Waals surface area contributed by atoms with Crippen molar-refractivity contribution in [2.45, 2.75) is 45.1 Å². The number of fused-ring (bicyclic) bond motifs is 1. The highest BCUT2D eigenvalue weighted by atomic mass is 16.2. The Morgan fingerprint density at radius 1 is 1.19 bits per heavy atom. The Morgan fingerprint density at radius 3 is 2.70 bits per heavy atom. The molecule has 1 saturated carbocycles. The number of hydrogen-bond donors (Lipinski definition) is 1. The molecule has 0 aromatic carbocycles.